The van der Waals surface area contributed by atoms with Gasteiger partial charge in [-0.2, -0.15) is 0 Å². The van der Waals surface area contributed by atoms with Crippen molar-refractivity contribution in [1.29, 1.82) is 0 Å². The summed E-state index contributed by atoms with van der Waals surface area (Å²) in [5, 5.41) is 9.13. The fraction of sp³-hybridized carbons (Fsp3) is 0.875. The Bertz CT molecular complexity index is 129. The highest BCUT2D eigenvalue weighted by Crippen LogP contribution is 2.22. The summed E-state index contributed by atoms with van der Waals surface area (Å²) in [4.78, 5) is 11.1. The monoisotopic (exact) mass is 142 g/mol. The van der Waals surface area contributed by atoms with Gasteiger partial charge in [0, 0.05) is 12.3 Å². The lowest BCUT2D eigenvalue weighted by molar-refractivity contribution is -0.127. The van der Waals surface area contributed by atoms with E-state index in [2.05, 4.69) is 0 Å². The molecular formula is C8H14O2. The third kappa shape index (κ3) is 1.57. The zero-order chi connectivity index (χ0) is 7.56. The molecule has 0 amide bonds. The normalized spacial score (nSPS) is 30.2. The van der Waals surface area contributed by atoms with Crippen molar-refractivity contribution in [2.45, 2.75) is 38.7 Å². The minimum atomic E-state index is -0.437. The minimum absolute atomic E-state index is 0.0613. The van der Waals surface area contributed by atoms with Crippen molar-refractivity contribution < 1.29 is 9.90 Å². The summed E-state index contributed by atoms with van der Waals surface area (Å²) in [6, 6.07) is 0. The van der Waals surface area contributed by atoms with Crippen LogP contribution < -0.4 is 0 Å². The number of carbonyl (C=O) groups excluding carboxylic acids is 1. The molecule has 0 aliphatic heterocycles. The number of Topliss-reactive ketones (excluding diaryl/α,β-unsaturated/α-hetero) is 1. The first kappa shape index (κ1) is 7.73. The van der Waals surface area contributed by atoms with Gasteiger partial charge in [-0.1, -0.05) is 6.42 Å². The predicted octanol–water partition coefficient (Wildman–Crippen LogP) is 1.13. The summed E-state index contributed by atoms with van der Waals surface area (Å²) >= 11 is 0. The van der Waals surface area contributed by atoms with Crippen LogP contribution in [0.1, 0.15) is 32.6 Å². The molecule has 0 saturated heterocycles. The van der Waals surface area contributed by atoms with Crippen LogP contribution in [0.25, 0.3) is 0 Å². The summed E-state index contributed by atoms with van der Waals surface area (Å²) in [5.41, 5.74) is 0. The van der Waals surface area contributed by atoms with E-state index in [-0.39, 0.29) is 11.7 Å². The molecule has 0 radical (unpaired) electrons. The standard InChI is InChI=1S/C8H14O2/c1-6(9)7-4-2-3-5-8(7)10/h6-7,9H,2-5H2,1H3. The second kappa shape index (κ2) is 3.15. The first-order valence-electron chi connectivity index (χ1n) is 3.92. The molecule has 0 heterocycles. The highest BCUT2D eigenvalue weighted by molar-refractivity contribution is 5.82. The molecule has 2 heteroatoms. The maximum Gasteiger partial charge on any atom is 0.138 e. The molecule has 1 saturated carbocycles. The molecule has 1 N–H and O–H groups in total. The molecule has 10 heavy (non-hydrogen) atoms. The van der Waals surface area contributed by atoms with Crippen LogP contribution in [0.4, 0.5) is 0 Å². The summed E-state index contributed by atoms with van der Waals surface area (Å²) < 4.78 is 0. The summed E-state index contributed by atoms with van der Waals surface area (Å²) in [5.74, 6) is 0.190. The highest BCUT2D eigenvalue weighted by atomic mass is 16.3. The molecule has 2 atom stereocenters. The largest absolute Gasteiger partial charge is 0.393 e. The summed E-state index contributed by atoms with van der Waals surface area (Å²) in [6.45, 7) is 1.70. The van der Waals surface area contributed by atoms with Crippen molar-refractivity contribution in [3.05, 3.63) is 0 Å². The molecule has 2 nitrogen and oxygen atoms in total. The Hall–Kier alpha value is -0.370. The van der Waals surface area contributed by atoms with E-state index in [1.807, 2.05) is 0 Å². The van der Waals surface area contributed by atoms with E-state index in [0.29, 0.717) is 6.42 Å². The minimum Gasteiger partial charge on any atom is -0.393 e. The Morgan fingerprint density at radius 1 is 1.60 bits per heavy atom. The van der Waals surface area contributed by atoms with Gasteiger partial charge >= 0.3 is 0 Å². The molecule has 1 aliphatic carbocycles. The lowest BCUT2D eigenvalue weighted by Crippen LogP contribution is -2.28. The summed E-state index contributed by atoms with van der Waals surface area (Å²) in [7, 11) is 0. The van der Waals surface area contributed by atoms with Crippen LogP contribution in [-0.4, -0.2) is 17.0 Å². The lowest BCUT2D eigenvalue weighted by atomic mass is 9.85. The molecule has 0 aromatic heterocycles. The molecule has 0 aromatic carbocycles. The van der Waals surface area contributed by atoms with Crippen molar-refractivity contribution >= 4 is 5.78 Å². The van der Waals surface area contributed by atoms with Crippen LogP contribution in [0, 0.1) is 5.92 Å². The van der Waals surface area contributed by atoms with Gasteiger partial charge in [0.25, 0.3) is 0 Å². The molecule has 58 valence electrons. The van der Waals surface area contributed by atoms with Gasteiger partial charge in [0.15, 0.2) is 0 Å². The van der Waals surface area contributed by atoms with Gasteiger partial charge in [0.1, 0.15) is 5.78 Å². The maximum absolute atomic E-state index is 11.1. The van der Waals surface area contributed by atoms with E-state index < -0.39 is 6.10 Å². The van der Waals surface area contributed by atoms with Crippen LogP contribution in [0.5, 0.6) is 0 Å². The number of rotatable bonds is 1. The van der Waals surface area contributed by atoms with E-state index in [0.717, 1.165) is 19.3 Å². The fourth-order valence-electron chi connectivity index (χ4n) is 1.52. The SMILES string of the molecule is CC(O)C1CCCCC1=O. The Balaban J connectivity index is 2.48. The molecule has 0 bridgehead atoms. The Labute approximate surface area is 61.2 Å². The topological polar surface area (TPSA) is 37.3 Å². The van der Waals surface area contributed by atoms with Gasteiger partial charge < -0.3 is 5.11 Å². The number of ketones is 1. The maximum atomic E-state index is 11.1. The van der Waals surface area contributed by atoms with E-state index >= 15 is 0 Å². The van der Waals surface area contributed by atoms with E-state index in [9.17, 15) is 4.79 Å². The van der Waals surface area contributed by atoms with E-state index in [1.165, 1.54) is 0 Å². The number of hydrogen-bond donors (Lipinski definition) is 1. The average molecular weight is 142 g/mol. The van der Waals surface area contributed by atoms with Gasteiger partial charge in [0.05, 0.1) is 6.10 Å². The third-order valence-corrected chi connectivity index (χ3v) is 2.18. The summed E-state index contributed by atoms with van der Waals surface area (Å²) in [6.07, 6.45) is 3.24. The quantitative estimate of drug-likeness (QED) is 0.595. The first-order valence-corrected chi connectivity index (χ1v) is 3.92. The van der Waals surface area contributed by atoms with Gasteiger partial charge in [-0.15, -0.1) is 0 Å². The van der Waals surface area contributed by atoms with Gasteiger partial charge in [-0.3, -0.25) is 4.79 Å². The van der Waals surface area contributed by atoms with Crippen LogP contribution in [0.2, 0.25) is 0 Å². The van der Waals surface area contributed by atoms with Crippen LogP contribution in [0.3, 0.4) is 0 Å². The Morgan fingerprint density at radius 2 is 2.30 bits per heavy atom. The highest BCUT2D eigenvalue weighted by Gasteiger charge is 2.25. The van der Waals surface area contributed by atoms with Gasteiger partial charge in [0.2, 0.25) is 0 Å². The number of carbonyl (C=O) groups is 1. The fourth-order valence-corrected chi connectivity index (χ4v) is 1.52. The zero-order valence-electron chi connectivity index (χ0n) is 6.34. The third-order valence-electron chi connectivity index (χ3n) is 2.18. The van der Waals surface area contributed by atoms with Crippen molar-refractivity contribution in [3.8, 4) is 0 Å². The average Bonchev–Trinajstić information content (AvgIpc) is 1.88. The van der Waals surface area contributed by atoms with Crippen LogP contribution >= 0.6 is 0 Å². The first-order chi connectivity index (χ1) is 4.72. The van der Waals surface area contributed by atoms with Gasteiger partial charge in [-0.25, -0.2) is 0 Å². The zero-order valence-corrected chi connectivity index (χ0v) is 6.34. The molecule has 1 fully saturated rings. The number of hydrogen-bond acceptors (Lipinski definition) is 2. The molecule has 0 aromatic rings. The van der Waals surface area contributed by atoms with Crippen LogP contribution in [-0.2, 0) is 4.79 Å². The molecule has 1 aliphatic rings. The van der Waals surface area contributed by atoms with Crippen molar-refractivity contribution in [2.24, 2.45) is 5.92 Å². The number of aliphatic hydroxyl groups is 1. The Kier molecular flexibility index (Phi) is 2.44. The van der Waals surface area contributed by atoms with Gasteiger partial charge in [-0.05, 0) is 19.8 Å². The second-order valence-corrected chi connectivity index (χ2v) is 3.06. The second-order valence-electron chi connectivity index (χ2n) is 3.06. The molecular weight excluding hydrogens is 128 g/mol. The molecule has 2 unspecified atom stereocenters. The number of aliphatic hydroxyl groups excluding tert-OH is 1. The molecule has 0 spiro atoms. The Morgan fingerprint density at radius 3 is 2.70 bits per heavy atom. The van der Waals surface area contributed by atoms with E-state index in [4.69, 9.17) is 5.11 Å². The smallest absolute Gasteiger partial charge is 0.138 e. The lowest BCUT2D eigenvalue weighted by Gasteiger charge is -2.22. The van der Waals surface area contributed by atoms with Crippen molar-refractivity contribution in [3.63, 3.8) is 0 Å². The van der Waals surface area contributed by atoms with Crippen molar-refractivity contribution in [2.75, 3.05) is 0 Å². The van der Waals surface area contributed by atoms with Crippen LogP contribution in [0.15, 0.2) is 0 Å². The predicted molar refractivity (Wildman–Crippen MR) is 38.6 cm³/mol. The molecule has 1 rings (SSSR count). The van der Waals surface area contributed by atoms with Crippen molar-refractivity contribution in [1.82, 2.24) is 0 Å². The van der Waals surface area contributed by atoms with E-state index in [1.54, 1.807) is 6.92 Å².